The molecular weight excluding hydrogens is 190 g/mol. The van der Waals surface area contributed by atoms with Crippen LogP contribution >= 0.6 is 11.3 Å². The van der Waals surface area contributed by atoms with Crippen molar-refractivity contribution in [3.63, 3.8) is 0 Å². The van der Waals surface area contributed by atoms with E-state index in [0.717, 1.165) is 21.6 Å². The minimum Gasteiger partial charge on any atom is -0.414 e. The van der Waals surface area contributed by atoms with E-state index in [9.17, 15) is 4.79 Å². The quantitative estimate of drug-likeness (QED) is 0.736. The van der Waals surface area contributed by atoms with Gasteiger partial charge in [-0.15, -0.1) is 0 Å². The van der Waals surface area contributed by atoms with E-state index in [1.807, 2.05) is 12.1 Å². The Labute approximate surface area is 77.5 Å². The van der Waals surface area contributed by atoms with Gasteiger partial charge in [-0.2, -0.15) is 0 Å². The van der Waals surface area contributed by atoms with E-state index in [1.165, 1.54) is 0 Å². The molecule has 5 heteroatoms. The average molecular weight is 197 g/mol. The Balaban J connectivity index is 2.54. The summed E-state index contributed by atoms with van der Waals surface area (Å²) in [5.74, 6) is 4.92. The van der Waals surface area contributed by atoms with Crippen LogP contribution in [-0.2, 0) is 11.4 Å². The third kappa shape index (κ3) is 1.62. The fourth-order valence-corrected chi connectivity index (χ4v) is 1.75. The first-order valence-electron chi connectivity index (χ1n) is 3.64. The van der Waals surface area contributed by atoms with Crippen LogP contribution in [0.4, 0.5) is 0 Å². The summed E-state index contributed by atoms with van der Waals surface area (Å²) >= 11 is 1.08. The molecule has 0 aliphatic carbocycles. The Morgan fingerprint density at radius 2 is 2.38 bits per heavy atom. The van der Waals surface area contributed by atoms with E-state index in [4.69, 9.17) is 10.3 Å². The lowest BCUT2D eigenvalue weighted by Gasteiger charge is -1.96. The molecule has 2 aromatic rings. The Kier molecular flexibility index (Phi) is 2.13. The fraction of sp³-hybridized carbons (Fsp3) is 0.125. The molecule has 1 aromatic heterocycles. The van der Waals surface area contributed by atoms with Crippen molar-refractivity contribution in [1.29, 1.82) is 0 Å². The van der Waals surface area contributed by atoms with Crippen LogP contribution in [0, 0.1) is 0 Å². The van der Waals surface area contributed by atoms with Crippen molar-refractivity contribution in [2.24, 2.45) is 5.90 Å². The minimum absolute atomic E-state index is 0.291. The maximum atomic E-state index is 10.9. The van der Waals surface area contributed by atoms with Crippen molar-refractivity contribution in [2.45, 2.75) is 6.61 Å². The molecule has 68 valence electrons. The van der Waals surface area contributed by atoms with Gasteiger partial charge in [0.05, 0.1) is 11.3 Å². The molecule has 0 amide bonds. The highest BCUT2D eigenvalue weighted by molar-refractivity contribution is 7.16. The second-order valence-electron chi connectivity index (χ2n) is 2.55. The standard InChI is InChI=1S/C8H7NO3S/c9-11-4-5-1-2-7-6(3-5)12-8(10)13-7/h1-3H,4,9H2. The molecule has 1 aromatic carbocycles. The normalized spacial score (nSPS) is 10.8. The smallest absolute Gasteiger partial charge is 0.396 e. The van der Waals surface area contributed by atoms with Crippen LogP contribution in [-0.4, -0.2) is 0 Å². The van der Waals surface area contributed by atoms with Crippen LogP contribution in [0.3, 0.4) is 0 Å². The van der Waals surface area contributed by atoms with Crippen LogP contribution in [0.5, 0.6) is 0 Å². The summed E-state index contributed by atoms with van der Waals surface area (Å²) in [5.41, 5.74) is 1.47. The molecule has 0 atom stereocenters. The lowest BCUT2D eigenvalue weighted by atomic mass is 10.2. The molecule has 0 unspecified atom stereocenters. The van der Waals surface area contributed by atoms with Gasteiger partial charge in [-0.25, -0.2) is 10.7 Å². The predicted octanol–water partition coefficient (Wildman–Crippen LogP) is 1.24. The first-order valence-corrected chi connectivity index (χ1v) is 4.45. The number of fused-ring (bicyclic) bond motifs is 1. The lowest BCUT2D eigenvalue weighted by molar-refractivity contribution is 0.124. The number of hydrogen-bond acceptors (Lipinski definition) is 5. The zero-order valence-electron chi connectivity index (χ0n) is 6.65. The van der Waals surface area contributed by atoms with Gasteiger partial charge in [-0.1, -0.05) is 17.4 Å². The largest absolute Gasteiger partial charge is 0.414 e. The molecule has 2 N–H and O–H groups in total. The molecule has 13 heavy (non-hydrogen) atoms. The predicted molar refractivity (Wildman–Crippen MR) is 49.3 cm³/mol. The third-order valence-electron chi connectivity index (χ3n) is 1.64. The Morgan fingerprint density at radius 3 is 3.15 bits per heavy atom. The summed E-state index contributed by atoms with van der Waals surface area (Å²) in [4.78, 5) is 15.0. The summed E-state index contributed by atoms with van der Waals surface area (Å²) in [7, 11) is 0. The van der Waals surface area contributed by atoms with Gasteiger partial charge in [0.2, 0.25) is 0 Å². The van der Waals surface area contributed by atoms with Gasteiger partial charge in [-0.3, -0.25) is 4.84 Å². The van der Waals surface area contributed by atoms with E-state index >= 15 is 0 Å². The molecule has 0 aliphatic rings. The van der Waals surface area contributed by atoms with Gasteiger partial charge in [0.15, 0.2) is 0 Å². The molecule has 0 bridgehead atoms. The van der Waals surface area contributed by atoms with Crippen molar-refractivity contribution in [2.75, 3.05) is 0 Å². The monoisotopic (exact) mass is 197 g/mol. The zero-order chi connectivity index (χ0) is 9.26. The van der Waals surface area contributed by atoms with Crippen molar-refractivity contribution in [1.82, 2.24) is 0 Å². The number of hydrogen-bond donors (Lipinski definition) is 1. The second kappa shape index (κ2) is 3.29. The maximum absolute atomic E-state index is 10.9. The highest BCUT2D eigenvalue weighted by Gasteiger charge is 2.02. The summed E-state index contributed by atoms with van der Waals surface area (Å²) in [5, 5.41) is 0. The van der Waals surface area contributed by atoms with Gasteiger partial charge < -0.3 is 4.42 Å². The molecule has 0 aliphatic heterocycles. The summed E-state index contributed by atoms with van der Waals surface area (Å²) < 4.78 is 5.76. The molecule has 0 radical (unpaired) electrons. The van der Waals surface area contributed by atoms with Crippen LogP contribution in [0.2, 0.25) is 0 Å². The van der Waals surface area contributed by atoms with Crippen LogP contribution < -0.4 is 10.8 Å². The molecule has 0 saturated heterocycles. The van der Waals surface area contributed by atoms with Gasteiger partial charge in [0.25, 0.3) is 0 Å². The van der Waals surface area contributed by atoms with Crippen LogP contribution in [0.1, 0.15) is 5.56 Å². The molecule has 2 rings (SSSR count). The van der Waals surface area contributed by atoms with Crippen LogP contribution in [0.25, 0.3) is 10.3 Å². The van der Waals surface area contributed by atoms with E-state index in [-0.39, 0.29) is 4.94 Å². The first-order chi connectivity index (χ1) is 6.29. The summed E-state index contributed by atoms with van der Waals surface area (Å²) in [6, 6.07) is 5.42. The molecule has 0 spiro atoms. The highest BCUT2D eigenvalue weighted by atomic mass is 32.1. The van der Waals surface area contributed by atoms with Gasteiger partial charge >= 0.3 is 4.94 Å². The van der Waals surface area contributed by atoms with Crippen molar-refractivity contribution >= 4 is 21.6 Å². The molecule has 0 saturated carbocycles. The Bertz CT molecular complexity index is 473. The summed E-state index contributed by atoms with van der Waals surface area (Å²) in [6.07, 6.45) is 0. The Morgan fingerprint density at radius 1 is 1.54 bits per heavy atom. The van der Waals surface area contributed by atoms with Crippen molar-refractivity contribution < 1.29 is 9.25 Å². The molecular formula is C8H7NO3S. The second-order valence-corrected chi connectivity index (χ2v) is 3.52. The minimum atomic E-state index is -0.291. The molecule has 4 nitrogen and oxygen atoms in total. The summed E-state index contributed by atoms with van der Waals surface area (Å²) in [6.45, 7) is 0.315. The Hall–Kier alpha value is -1.17. The van der Waals surface area contributed by atoms with Crippen LogP contribution in [0.15, 0.2) is 27.4 Å². The van der Waals surface area contributed by atoms with E-state index in [0.29, 0.717) is 12.2 Å². The number of rotatable bonds is 2. The van der Waals surface area contributed by atoms with E-state index < -0.39 is 0 Å². The maximum Gasteiger partial charge on any atom is 0.396 e. The molecule has 0 fully saturated rings. The van der Waals surface area contributed by atoms with Gasteiger partial charge in [0, 0.05) is 0 Å². The number of nitrogens with two attached hydrogens (primary N) is 1. The topological polar surface area (TPSA) is 65.5 Å². The fourth-order valence-electron chi connectivity index (χ4n) is 1.10. The van der Waals surface area contributed by atoms with E-state index in [1.54, 1.807) is 6.07 Å². The number of benzene rings is 1. The SMILES string of the molecule is NOCc1ccc2sc(=O)oc2c1. The van der Waals surface area contributed by atoms with Crippen molar-refractivity contribution in [3.8, 4) is 0 Å². The zero-order valence-corrected chi connectivity index (χ0v) is 7.47. The average Bonchev–Trinajstić information content (AvgIpc) is 2.44. The van der Waals surface area contributed by atoms with Crippen molar-refractivity contribution in [3.05, 3.63) is 33.5 Å². The first kappa shape index (κ1) is 8.43. The molecule has 1 heterocycles. The third-order valence-corrected chi connectivity index (χ3v) is 2.45. The van der Waals surface area contributed by atoms with E-state index in [2.05, 4.69) is 4.84 Å². The van der Waals surface area contributed by atoms with Gasteiger partial charge in [-0.05, 0) is 17.7 Å². The van der Waals surface area contributed by atoms with Gasteiger partial charge in [0.1, 0.15) is 5.58 Å². The highest BCUT2D eigenvalue weighted by Crippen LogP contribution is 2.18. The lowest BCUT2D eigenvalue weighted by Crippen LogP contribution is -1.98.